The summed E-state index contributed by atoms with van der Waals surface area (Å²) in [6.07, 6.45) is 0. The van der Waals surface area contributed by atoms with Crippen molar-refractivity contribution in [3.05, 3.63) is 59.0 Å². The Morgan fingerprint density at radius 3 is 2.50 bits per heavy atom. The maximum absolute atomic E-state index is 12.1. The van der Waals surface area contributed by atoms with Gasteiger partial charge in [-0.3, -0.25) is 4.79 Å². The van der Waals surface area contributed by atoms with Crippen molar-refractivity contribution in [1.29, 1.82) is 0 Å². The Morgan fingerprint density at radius 1 is 1.12 bits per heavy atom. The van der Waals surface area contributed by atoms with Crippen LogP contribution in [0.4, 0.5) is 8.78 Å². The van der Waals surface area contributed by atoms with Gasteiger partial charge in [-0.05, 0) is 36.8 Å². The molecule has 1 aromatic carbocycles. The molecule has 0 unspecified atom stereocenters. The lowest BCUT2D eigenvalue weighted by molar-refractivity contribution is 0.0956. The van der Waals surface area contributed by atoms with Crippen molar-refractivity contribution in [3.63, 3.8) is 0 Å². The molecular weight excluding hydrogens is 334 g/mol. The lowest BCUT2D eigenvalue weighted by Gasteiger charge is -2.05. The molecule has 24 heavy (non-hydrogen) atoms. The first kappa shape index (κ1) is 18.5. The van der Waals surface area contributed by atoms with Crippen molar-refractivity contribution in [2.45, 2.75) is 31.5 Å². The maximum Gasteiger partial charge on any atom is 0.284 e. The standard InChI is InChI=1S/C17H20F2N2O2S/c1-2-21-16(22)13-5-3-12(4-6-13)9-20-10-14-7-8-15(23-14)11-24-17(18)19/h3-8,17,20H,2,9-11H2,1H3,(H,21,22). The number of amides is 1. The van der Waals surface area contributed by atoms with Crippen molar-refractivity contribution in [3.8, 4) is 0 Å². The quantitative estimate of drug-likeness (QED) is 0.720. The fourth-order valence-corrected chi connectivity index (χ4v) is 2.55. The van der Waals surface area contributed by atoms with Gasteiger partial charge >= 0.3 is 0 Å². The van der Waals surface area contributed by atoms with Crippen LogP contribution < -0.4 is 10.6 Å². The number of rotatable bonds is 9. The molecular formula is C17H20F2N2O2S. The molecule has 0 bridgehead atoms. The van der Waals surface area contributed by atoms with Crippen LogP contribution in [0.5, 0.6) is 0 Å². The Hall–Kier alpha value is -1.86. The number of halogens is 2. The molecule has 0 aliphatic rings. The summed E-state index contributed by atoms with van der Waals surface area (Å²) in [6, 6.07) is 10.9. The smallest absolute Gasteiger partial charge is 0.284 e. The third-order valence-corrected chi connectivity index (χ3v) is 3.95. The zero-order valence-electron chi connectivity index (χ0n) is 13.4. The number of nitrogens with one attached hydrogen (secondary N) is 2. The molecule has 1 amide bonds. The second-order valence-corrected chi connectivity index (χ2v) is 6.08. The van der Waals surface area contributed by atoms with Gasteiger partial charge in [0, 0.05) is 18.7 Å². The van der Waals surface area contributed by atoms with E-state index < -0.39 is 5.76 Å². The molecule has 2 N–H and O–H groups in total. The van der Waals surface area contributed by atoms with Gasteiger partial charge in [0.1, 0.15) is 11.5 Å². The largest absolute Gasteiger partial charge is 0.464 e. The van der Waals surface area contributed by atoms with Crippen molar-refractivity contribution in [1.82, 2.24) is 10.6 Å². The van der Waals surface area contributed by atoms with Crippen LogP contribution in [-0.2, 0) is 18.8 Å². The normalized spacial score (nSPS) is 11.0. The zero-order valence-corrected chi connectivity index (χ0v) is 14.2. The van der Waals surface area contributed by atoms with Gasteiger partial charge in [-0.25, -0.2) is 0 Å². The molecule has 0 radical (unpaired) electrons. The molecule has 0 saturated heterocycles. The highest BCUT2D eigenvalue weighted by atomic mass is 32.2. The highest BCUT2D eigenvalue weighted by molar-refractivity contribution is 7.98. The van der Waals surface area contributed by atoms with Crippen molar-refractivity contribution in [2.75, 3.05) is 6.54 Å². The topological polar surface area (TPSA) is 54.3 Å². The van der Waals surface area contributed by atoms with Gasteiger partial charge in [-0.1, -0.05) is 23.9 Å². The predicted octanol–water partition coefficient (Wildman–Crippen LogP) is 3.77. The number of carbonyl (C=O) groups excluding carboxylic acids is 1. The maximum atomic E-state index is 12.1. The number of carbonyl (C=O) groups is 1. The van der Waals surface area contributed by atoms with E-state index in [4.69, 9.17) is 4.42 Å². The molecule has 1 heterocycles. The summed E-state index contributed by atoms with van der Waals surface area (Å²) < 4.78 is 29.7. The molecule has 130 valence electrons. The lowest BCUT2D eigenvalue weighted by Crippen LogP contribution is -2.22. The first-order valence-electron chi connectivity index (χ1n) is 7.63. The van der Waals surface area contributed by atoms with Gasteiger partial charge in [0.2, 0.25) is 0 Å². The summed E-state index contributed by atoms with van der Waals surface area (Å²) in [5.74, 6) is -1.05. The van der Waals surface area contributed by atoms with E-state index in [2.05, 4.69) is 10.6 Å². The molecule has 0 spiro atoms. The average molecular weight is 354 g/mol. The summed E-state index contributed by atoms with van der Waals surface area (Å²) in [4.78, 5) is 11.7. The van der Waals surface area contributed by atoms with Crippen LogP contribution in [0.15, 0.2) is 40.8 Å². The van der Waals surface area contributed by atoms with Crippen LogP contribution in [0.2, 0.25) is 0 Å². The molecule has 4 nitrogen and oxygen atoms in total. The van der Waals surface area contributed by atoms with Gasteiger partial charge in [-0.15, -0.1) is 0 Å². The second-order valence-electron chi connectivity index (χ2n) is 5.10. The van der Waals surface area contributed by atoms with E-state index in [-0.39, 0.29) is 11.7 Å². The molecule has 1 aromatic heterocycles. The van der Waals surface area contributed by atoms with E-state index in [1.165, 1.54) is 0 Å². The van der Waals surface area contributed by atoms with E-state index >= 15 is 0 Å². The average Bonchev–Trinajstić information content (AvgIpc) is 3.02. The first-order valence-corrected chi connectivity index (χ1v) is 8.68. The minimum absolute atomic E-state index is 0.0817. The van der Waals surface area contributed by atoms with Gasteiger partial charge in [-0.2, -0.15) is 8.78 Å². The lowest BCUT2D eigenvalue weighted by atomic mass is 10.1. The molecule has 7 heteroatoms. The minimum Gasteiger partial charge on any atom is -0.464 e. The molecule has 0 saturated carbocycles. The number of furan rings is 1. The fourth-order valence-electron chi connectivity index (χ4n) is 2.11. The highest BCUT2D eigenvalue weighted by Gasteiger charge is 2.07. The molecule has 2 rings (SSSR count). The van der Waals surface area contributed by atoms with Crippen LogP contribution in [0.25, 0.3) is 0 Å². The van der Waals surface area contributed by atoms with Gasteiger partial charge in [0.05, 0.1) is 12.3 Å². The van der Waals surface area contributed by atoms with E-state index in [0.29, 0.717) is 48.5 Å². The van der Waals surface area contributed by atoms with Crippen molar-refractivity contribution >= 4 is 17.7 Å². The third-order valence-electron chi connectivity index (χ3n) is 3.25. The number of thioether (sulfide) groups is 1. The third kappa shape index (κ3) is 5.98. The van der Waals surface area contributed by atoms with Gasteiger partial charge in [0.25, 0.3) is 11.7 Å². The molecule has 2 aromatic rings. The molecule has 0 fully saturated rings. The fraction of sp³-hybridized carbons (Fsp3) is 0.353. The molecule has 0 atom stereocenters. The van der Waals surface area contributed by atoms with Crippen molar-refractivity contribution in [2.24, 2.45) is 0 Å². The monoisotopic (exact) mass is 354 g/mol. The van der Waals surface area contributed by atoms with Crippen LogP contribution >= 0.6 is 11.8 Å². The highest BCUT2D eigenvalue weighted by Crippen LogP contribution is 2.21. The predicted molar refractivity (Wildman–Crippen MR) is 91.0 cm³/mol. The number of hydrogen-bond acceptors (Lipinski definition) is 4. The van der Waals surface area contributed by atoms with Gasteiger partial charge in [0.15, 0.2) is 0 Å². The Morgan fingerprint density at radius 2 is 1.83 bits per heavy atom. The first-order chi connectivity index (χ1) is 11.6. The van der Waals surface area contributed by atoms with Crippen molar-refractivity contribution < 1.29 is 18.0 Å². The Labute approximate surface area is 144 Å². The molecule has 0 aliphatic heterocycles. The number of alkyl halides is 2. The SMILES string of the molecule is CCNC(=O)c1ccc(CNCc2ccc(CSC(F)F)o2)cc1. The summed E-state index contributed by atoms with van der Waals surface area (Å²) >= 11 is 0.545. The zero-order chi connectivity index (χ0) is 17.4. The molecule has 0 aliphatic carbocycles. The van der Waals surface area contributed by atoms with Crippen LogP contribution in [0.1, 0.15) is 34.4 Å². The van der Waals surface area contributed by atoms with Crippen LogP contribution in [0, 0.1) is 0 Å². The van der Waals surface area contributed by atoms with Crippen LogP contribution in [0.3, 0.4) is 0 Å². The minimum atomic E-state index is -2.39. The van der Waals surface area contributed by atoms with Gasteiger partial charge < -0.3 is 15.1 Å². The Balaban J connectivity index is 1.76. The van der Waals surface area contributed by atoms with E-state index in [1.54, 1.807) is 24.3 Å². The summed E-state index contributed by atoms with van der Waals surface area (Å²) in [7, 11) is 0. The number of hydrogen-bond donors (Lipinski definition) is 2. The summed E-state index contributed by atoms with van der Waals surface area (Å²) in [5.41, 5.74) is 1.68. The second kappa shape index (κ2) is 9.44. The summed E-state index contributed by atoms with van der Waals surface area (Å²) in [6.45, 7) is 3.61. The summed E-state index contributed by atoms with van der Waals surface area (Å²) in [5, 5.41) is 5.97. The Bertz CT molecular complexity index is 644. The van der Waals surface area contributed by atoms with E-state index in [9.17, 15) is 13.6 Å². The van der Waals surface area contributed by atoms with Crippen LogP contribution in [-0.4, -0.2) is 18.2 Å². The van der Waals surface area contributed by atoms with E-state index in [1.807, 2.05) is 19.1 Å². The number of benzene rings is 1. The Kier molecular flexibility index (Phi) is 7.27. The van der Waals surface area contributed by atoms with E-state index in [0.717, 1.165) is 5.56 Å².